The van der Waals surface area contributed by atoms with Gasteiger partial charge in [0.05, 0.1) is 24.6 Å². The summed E-state index contributed by atoms with van der Waals surface area (Å²) in [4.78, 5) is 25.9. The zero-order chi connectivity index (χ0) is 19.0. The molecule has 140 valence electrons. The fraction of sp³-hybridized carbons (Fsp3) is 0.529. The molecule has 0 fully saturated rings. The number of hydrogen-bond acceptors (Lipinski definition) is 5. The van der Waals surface area contributed by atoms with Crippen LogP contribution < -0.4 is 4.31 Å². The molecule has 0 aliphatic carbocycles. The topological polar surface area (TPSA) is 84.0 Å². The molecule has 0 spiro atoms. The number of anilines is 1. The van der Waals surface area contributed by atoms with Crippen LogP contribution in [0.15, 0.2) is 24.3 Å². The lowest BCUT2D eigenvalue weighted by molar-refractivity contribution is -0.129. The predicted molar refractivity (Wildman–Crippen MR) is 97.1 cm³/mol. The number of ether oxygens (including phenoxy) is 1. The first-order valence-corrected chi connectivity index (χ1v) is 10.0. The van der Waals surface area contributed by atoms with Crippen LogP contribution >= 0.6 is 0 Å². The summed E-state index contributed by atoms with van der Waals surface area (Å²) in [6.45, 7) is 4.77. The molecule has 0 bridgehead atoms. The number of rotatable bonds is 9. The molecule has 25 heavy (non-hydrogen) atoms. The van der Waals surface area contributed by atoms with Gasteiger partial charge in [-0.05, 0) is 31.0 Å². The number of benzene rings is 1. The maximum atomic E-state index is 12.6. The molecule has 0 aromatic heterocycles. The fourth-order valence-electron chi connectivity index (χ4n) is 2.43. The van der Waals surface area contributed by atoms with E-state index in [1.165, 1.54) is 19.2 Å². The predicted octanol–water partition coefficient (Wildman–Crippen LogP) is 1.89. The summed E-state index contributed by atoms with van der Waals surface area (Å²) >= 11 is 0. The summed E-state index contributed by atoms with van der Waals surface area (Å²) < 4.78 is 30.1. The van der Waals surface area contributed by atoms with E-state index < -0.39 is 16.0 Å². The highest BCUT2D eigenvalue weighted by Gasteiger charge is 2.24. The standard InChI is InChI=1S/C17H26N2O5S/c1-5-10-18(11-6-2)16(20)13-19(25(4,22)23)15-9-7-8-14(12-15)17(21)24-3/h7-9,12H,5-6,10-11,13H2,1-4H3. The number of carbonyl (C=O) groups excluding carboxylic acids is 2. The van der Waals surface area contributed by atoms with Crippen molar-refractivity contribution in [2.24, 2.45) is 0 Å². The molecule has 0 atom stereocenters. The average molecular weight is 370 g/mol. The highest BCUT2D eigenvalue weighted by Crippen LogP contribution is 2.20. The van der Waals surface area contributed by atoms with Gasteiger partial charge in [0.2, 0.25) is 15.9 Å². The molecule has 0 N–H and O–H groups in total. The molecule has 1 rings (SSSR count). The molecule has 0 radical (unpaired) electrons. The van der Waals surface area contributed by atoms with E-state index in [2.05, 4.69) is 4.74 Å². The third kappa shape index (κ3) is 6.04. The third-order valence-corrected chi connectivity index (χ3v) is 4.71. The van der Waals surface area contributed by atoms with Crippen LogP contribution in [0.3, 0.4) is 0 Å². The van der Waals surface area contributed by atoms with Crippen LogP contribution in [0.2, 0.25) is 0 Å². The third-order valence-electron chi connectivity index (χ3n) is 3.57. The summed E-state index contributed by atoms with van der Waals surface area (Å²) in [6, 6.07) is 6.03. The quantitative estimate of drug-likeness (QED) is 0.620. The van der Waals surface area contributed by atoms with Gasteiger partial charge < -0.3 is 9.64 Å². The van der Waals surface area contributed by atoms with E-state index in [1.54, 1.807) is 17.0 Å². The monoisotopic (exact) mass is 370 g/mol. The van der Waals surface area contributed by atoms with Crippen molar-refractivity contribution in [2.45, 2.75) is 26.7 Å². The Balaban J connectivity index is 3.15. The Kier molecular flexibility index (Phi) is 7.89. The molecule has 1 aromatic rings. The van der Waals surface area contributed by atoms with Crippen molar-refractivity contribution in [1.82, 2.24) is 4.90 Å². The largest absolute Gasteiger partial charge is 0.465 e. The van der Waals surface area contributed by atoms with Crippen LogP contribution in [0, 0.1) is 0 Å². The van der Waals surface area contributed by atoms with Crippen molar-refractivity contribution >= 4 is 27.6 Å². The van der Waals surface area contributed by atoms with Gasteiger partial charge >= 0.3 is 5.97 Å². The molecule has 0 heterocycles. The van der Waals surface area contributed by atoms with Crippen LogP contribution in [0.25, 0.3) is 0 Å². The normalized spacial score (nSPS) is 11.0. The van der Waals surface area contributed by atoms with Crippen molar-refractivity contribution in [1.29, 1.82) is 0 Å². The number of methoxy groups -OCH3 is 1. The second-order valence-corrected chi connectivity index (χ2v) is 7.60. The molecule has 0 saturated heterocycles. The molecule has 1 amide bonds. The Bertz CT molecular complexity index is 697. The highest BCUT2D eigenvalue weighted by molar-refractivity contribution is 7.92. The second kappa shape index (κ2) is 9.41. The zero-order valence-electron chi connectivity index (χ0n) is 15.2. The van der Waals surface area contributed by atoms with Crippen LogP contribution in [-0.2, 0) is 19.6 Å². The van der Waals surface area contributed by atoms with E-state index in [-0.39, 0.29) is 23.7 Å². The minimum Gasteiger partial charge on any atom is -0.465 e. The summed E-state index contributed by atoms with van der Waals surface area (Å²) in [5, 5.41) is 0. The smallest absolute Gasteiger partial charge is 0.337 e. The fourth-order valence-corrected chi connectivity index (χ4v) is 3.27. The van der Waals surface area contributed by atoms with Crippen molar-refractivity contribution in [3.63, 3.8) is 0 Å². The van der Waals surface area contributed by atoms with Crippen LogP contribution in [0.5, 0.6) is 0 Å². The van der Waals surface area contributed by atoms with Gasteiger partial charge in [0.25, 0.3) is 0 Å². The molecule has 0 aliphatic rings. The lowest BCUT2D eigenvalue weighted by Gasteiger charge is -2.27. The van der Waals surface area contributed by atoms with Crippen molar-refractivity contribution in [3.05, 3.63) is 29.8 Å². The number of carbonyl (C=O) groups is 2. The zero-order valence-corrected chi connectivity index (χ0v) is 16.0. The number of amides is 1. The van der Waals surface area contributed by atoms with Crippen molar-refractivity contribution in [3.8, 4) is 0 Å². The van der Waals surface area contributed by atoms with E-state index >= 15 is 0 Å². The van der Waals surface area contributed by atoms with Crippen molar-refractivity contribution in [2.75, 3.05) is 37.3 Å². The van der Waals surface area contributed by atoms with Crippen LogP contribution in [0.1, 0.15) is 37.0 Å². The minimum absolute atomic E-state index is 0.222. The Labute approximate surface area is 149 Å². The lowest BCUT2D eigenvalue weighted by Crippen LogP contribution is -2.43. The molecule has 0 unspecified atom stereocenters. The summed E-state index contributed by atoms with van der Waals surface area (Å²) in [5.74, 6) is -0.835. The molecule has 1 aromatic carbocycles. The van der Waals surface area contributed by atoms with Crippen LogP contribution in [-0.4, -0.2) is 58.2 Å². The Morgan fingerprint density at radius 3 is 2.20 bits per heavy atom. The van der Waals surface area contributed by atoms with Gasteiger partial charge in [0.15, 0.2) is 0 Å². The molecule has 7 nitrogen and oxygen atoms in total. The van der Waals surface area contributed by atoms with E-state index in [1.807, 2.05) is 13.8 Å². The van der Waals surface area contributed by atoms with E-state index in [4.69, 9.17) is 0 Å². The number of sulfonamides is 1. The SMILES string of the molecule is CCCN(CCC)C(=O)CN(c1cccc(C(=O)OC)c1)S(C)(=O)=O. The first-order valence-electron chi connectivity index (χ1n) is 8.18. The maximum absolute atomic E-state index is 12.6. The van der Waals surface area contributed by atoms with E-state index in [0.717, 1.165) is 23.4 Å². The van der Waals surface area contributed by atoms with Gasteiger partial charge in [-0.25, -0.2) is 13.2 Å². The lowest BCUT2D eigenvalue weighted by atomic mass is 10.2. The molecular weight excluding hydrogens is 344 g/mol. The van der Waals surface area contributed by atoms with Gasteiger partial charge in [-0.2, -0.15) is 0 Å². The molecule has 8 heteroatoms. The van der Waals surface area contributed by atoms with Crippen molar-refractivity contribution < 1.29 is 22.7 Å². The second-order valence-electron chi connectivity index (χ2n) is 5.69. The number of esters is 1. The Morgan fingerprint density at radius 2 is 1.72 bits per heavy atom. The number of hydrogen-bond donors (Lipinski definition) is 0. The van der Waals surface area contributed by atoms with Crippen LogP contribution in [0.4, 0.5) is 5.69 Å². The summed E-state index contributed by atoms with van der Waals surface area (Å²) in [6.07, 6.45) is 2.62. The van der Waals surface area contributed by atoms with Gasteiger partial charge in [-0.3, -0.25) is 9.10 Å². The number of nitrogens with zero attached hydrogens (tertiary/aromatic N) is 2. The average Bonchev–Trinajstić information content (AvgIpc) is 2.57. The first kappa shape index (κ1) is 21.0. The van der Waals surface area contributed by atoms with Gasteiger partial charge in [-0.1, -0.05) is 19.9 Å². The van der Waals surface area contributed by atoms with Gasteiger partial charge in [0.1, 0.15) is 6.54 Å². The van der Waals surface area contributed by atoms with E-state index in [0.29, 0.717) is 13.1 Å². The minimum atomic E-state index is -3.69. The molecule has 0 saturated carbocycles. The first-order chi connectivity index (χ1) is 11.7. The van der Waals surface area contributed by atoms with Gasteiger partial charge in [0, 0.05) is 13.1 Å². The highest BCUT2D eigenvalue weighted by atomic mass is 32.2. The summed E-state index contributed by atoms with van der Waals surface area (Å²) in [5.41, 5.74) is 0.478. The molecule has 0 aliphatic heterocycles. The Morgan fingerprint density at radius 1 is 1.12 bits per heavy atom. The van der Waals surface area contributed by atoms with Gasteiger partial charge in [-0.15, -0.1) is 0 Å². The molecular formula is C17H26N2O5S. The van der Waals surface area contributed by atoms with E-state index in [9.17, 15) is 18.0 Å². The summed E-state index contributed by atoms with van der Waals surface area (Å²) in [7, 11) is -2.44. The Hall–Kier alpha value is -2.09. The maximum Gasteiger partial charge on any atom is 0.337 e.